The third-order valence-corrected chi connectivity index (χ3v) is 4.80. The van der Waals surface area contributed by atoms with Crippen LogP contribution in [0.2, 0.25) is 0 Å². The second kappa shape index (κ2) is 8.11. The average Bonchev–Trinajstić information content (AvgIpc) is 3.36. The molecule has 4 aromatic rings. The first-order valence-corrected chi connectivity index (χ1v) is 9.30. The molecule has 0 atom stereocenters. The molecule has 0 saturated carbocycles. The molecule has 0 fully saturated rings. The molecule has 136 valence electrons. The molecular weight excluding hydrogens is 360 g/mol. The topological polar surface area (TPSA) is 61.5 Å². The van der Waals surface area contributed by atoms with Crippen LogP contribution in [0, 0.1) is 0 Å². The third-order valence-electron chi connectivity index (χ3n) is 4.04. The van der Waals surface area contributed by atoms with Gasteiger partial charge in [0.2, 0.25) is 0 Å². The van der Waals surface area contributed by atoms with Crippen molar-refractivity contribution in [2.24, 2.45) is 5.16 Å². The van der Waals surface area contributed by atoms with Gasteiger partial charge in [-0.05, 0) is 35.4 Å². The van der Waals surface area contributed by atoms with Gasteiger partial charge in [0, 0.05) is 17.3 Å². The molecule has 0 N–H and O–H groups in total. The molecule has 0 unspecified atom stereocenters. The Kier molecular flexibility index (Phi) is 5.22. The Bertz CT molecular complexity index is 1060. The van der Waals surface area contributed by atoms with Gasteiger partial charge in [-0.3, -0.25) is 4.57 Å². The zero-order valence-corrected chi connectivity index (χ0v) is 15.6. The number of oxime groups is 1. The Morgan fingerprint density at radius 2 is 2.11 bits per heavy atom. The van der Waals surface area contributed by atoms with Crippen molar-refractivity contribution in [1.82, 2.24) is 14.5 Å². The first-order valence-electron chi connectivity index (χ1n) is 8.42. The summed E-state index contributed by atoms with van der Waals surface area (Å²) >= 11 is 1.60. The molecule has 0 aliphatic heterocycles. The van der Waals surface area contributed by atoms with Gasteiger partial charge in [-0.1, -0.05) is 23.4 Å². The van der Waals surface area contributed by atoms with Crippen LogP contribution in [0.4, 0.5) is 0 Å². The van der Waals surface area contributed by atoms with Gasteiger partial charge in [0.05, 0.1) is 30.5 Å². The number of thiazole rings is 1. The zero-order chi connectivity index (χ0) is 18.5. The van der Waals surface area contributed by atoms with Crippen LogP contribution in [0.25, 0.3) is 16.7 Å². The molecular formula is C20H18N4O2S. The largest absolute Gasteiger partial charge is 0.399 e. The number of nitrogens with zero attached hydrogens (tertiary/aromatic N) is 4. The molecule has 0 spiro atoms. The van der Waals surface area contributed by atoms with Gasteiger partial charge in [-0.2, -0.15) is 0 Å². The van der Waals surface area contributed by atoms with Crippen molar-refractivity contribution < 1.29 is 9.57 Å². The summed E-state index contributed by atoms with van der Waals surface area (Å²) < 4.78 is 7.84. The molecule has 4 rings (SSSR count). The molecule has 0 aliphatic carbocycles. The van der Waals surface area contributed by atoms with Crippen LogP contribution in [0.5, 0.6) is 0 Å². The fourth-order valence-electron chi connectivity index (χ4n) is 2.81. The number of benzene rings is 2. The summed E-state index contributed by atoms with van der Waals surface area (Å²) in [4.78, 5) is 13.5. The van der Waals surface area contributed by atoms with Crippen LogP contribution in [0.1, 0.15) is 16.1 Å². The van der Waals surface area contributed by atoms with E-state index < -0.39 is 0 Å². The summed E-state index contributed by atoms with van der Waals surface area (Å²) in [5, 5.41) is 6.74. The number of imidazole rings is 1. The van der Waals surface area contributed by atoms with E-state index in [1.165, 1.54) is 7.11 Å². The van der Waals surface area contributed by atoms with Crippen LogP contribution >= 0.6 is 11.3 Å². The van der Waals surface area contributed by atoms with E-state index >= 15 is 0 Å². The Morgan fingerprint density at radius 3 is 2.96 bits per heavy atom. The maximum absolute atomic E-state index is 5.77. The highest BCUT2D eigenvalue weighted by Crippen LogP contribution is 2.20. The summed E-state index contributed by atoms with van der Waals surface area (Å²) in [5.74, 6) is 0. The molecule has 0 bridgehead atoms. The van der Waals surface area contributed by atoms with Crippen LogP contribution < -0.4 is 0 Å². The Hall–Kier alpha value is -3.03. The van der Waals surface area contributed by atoms with Crippen LogP contribution in [0.3, 0.4) is 0 Å². The van der Waals surface area contributed by atoms with Crippen molar-refractivity contribution in [3.63, 3.8) is 0 Å². The highest BCUT2D eigenvalue weighted by molar-refractivity contribution is 7.09. The Labute approximate surface area is 160 Å². The number of rotatable bonds is 7. The van der Waals surface area contributed by atoms with E-state index in [0.717, 1.165) is 32.9 Å². The maximum atomic E-state index is 5.77. The number of fused-ring (bicyclic) bond motifs is 1. The smallest absolute Gasteiger partial charge is 0.118 e. The van der Waals surface area contributed by atoms with Gasteiger partial charge >= 0.3 is 0 Å². The number of ether oxygens (including phenoxy) is 1. The summed E-state index contributed by atoms with van der Waals surface area (Å²) in [5.41, 5.74) is 5.03. The molecule has 2 aromatic carbocycles. The maximum Gasteiger partial charge on any atom is 0.118 e. The van der Waals surface area contributed by atoms with Crippen molar-refractivity contribution >= 4 is 28.6 Å². The molecule has 0 aliphatic rings. The molecule has 7 heteroatoms. The zero-order valence-electron chi connectivity index (χ0n) is 14.8. The van der Waals surface area contributed by atoms with Crippen molar-refractivity contribution in [2.45, 2.75) is 13.2 Å². The molecule has 6 nitrogen and oxygen atoms in total. The van der Waals surface area contributed by atoms with E-state index in [0.29, 0.717) is 13.2 Å². The summed E-state index contributed by atoms with van der Waals surface area (Å²) in [6, 6.07) is 14.3. The molecule has 2 aromatic heterocycles. The minimum absolute atomic E-state index is 0.529. The minimum atomic E-state index is 0.529. The van der Waals surface area contributed by atoms with Gasteiger partial charge < -0.3 is 9.57 Å². The lowest BCUT2D eigenvalue weighted by atomic mass is 10.2. The SMILES string of the molecule is CON=Cc1ccc2c(c1)ncn2-c1cccc(COCc2nccs2)c1. The monoisotopic (exact) mass is 378 g/mol. The second-order valence-corrected chi connectivity index (χ2v) is 6.85. The first-order chi connectivity index (χ1) is 13.3. The van der Waals surface area contributed by atoms with E-state index in [1.807, 2.05) is 36.0 Å². The standard InChI is InChI=1S/C20H18N4O2S/c1-25-23-11-15-5-6-19-18(10-15)22-14-24(19)17-4-2-3-16(9-17)12-26-13-20-21-7-8-27-20/h2-11,14H,12-13H2,1H3. The van der Waals surface area contributed by atoms with Gasteiger partial charge in [-0.15, -0.1) is 11.3 Å². The van der Waals surface area contributed by atoms with Gasteiger partial charge in [0.1, 0.15) is 18.4 Å². The summed E-state index contributed by atoms with van der Waals surface area (Å²) in [7, 11) is 1.53. The predicted octanol–water partition coefficient (Wildman–Crippen LogP) is 4.18. The quantitative estimate of drug-likeness (QED) is 0.358. The summed E-state index contributed by atoms with van der Waals surface area (Å²) in [6.45, 7) is 1.07. The lowest BCUT2D eigenvalue weighted by molar-refractivity contribution is 0.107. The minimum Gasteiger partial charge on any atom is -0.399 e. The number of aromatic nitrogens is 3. The van der Waals surface area contributed by atoms with Crippen LogP contribution in [0.15, 0.2) is 65.5 Å². The van der Waals surface area contributed by atoms with Gasteiger partial charge in [0.25, 0.3) is 0 Å². The molecule has 2 heterocycles. The van der Waals surface area contributed by atoms with Crippen molar-refractivity contribution in [3.05, 3.63) is 76.5 Å². The molecule has 0 saturated heterocycles. The second-order valence-electron chi connectivity index (χ2n) is 5.87. The van der Waals surface area contributed by atoms with Crippen molar-refractivity contribution in [1.29, 1.82) is 0 Å². The number of hydrogen-bond donors (Lipinski definition) is 0. The third kappa shape index (κ3) is 4.05. The van der Waals surface area contributed by atoms with E-state index in [9.17, 15) is 0 Å². The Morgan fingerprint density at radius 1 is 1.15 bits per heavy atom. The molecule has 0 radical (unpaired) electrons. The van der Waals surface area contributed by atoms with Crippen LogP contribution in [-0.2, 0) is 22.8 Å². The van der Waals surface area contributed by atoms with Crippen molar-refractivity contribution in [3.8, 4) is 5.69 Å². The Balaban J connectivity index is 1.53. The van der Waals surface area contributed by atoms with E-state index in [4.69, 9.17) is 9.57 Å². The first kappa shape index (κ1) is 17.4. The lowest BCUT2D eigenvalue weighted by Gasteiger charge is -2.08. The highest BCUT2D eigenvalue weighted by atomic mass is 32.1. The summed E-state index contributed by atoms with van der Waals surface area (Å²) in [6.07, 6.45) is 5.29. The fraction of sp³-hybridized carbons (Fsp3) is 0.150. The molecule has 0 amide bonds. The normalized spacial score (nSPS) is 11.4. The highest BCUT2D eigenvalue weighted by Gasteiger charge is 2.06. The van der Waals surface area contributed by atoms with Gasteiger partial charge in [0.15, 0.2) is 0 Å². The number of hydrogen-bond acceptors (Lipinski definition) is 6. The van der Waals surface area contributed by atoms with E-state index in [1.54, 1.807) is 23.7 Å². The van der Waals surface area contributed by atoms with E-state index in [-0.39, 0.29) is 0 Å². The van der Waals surface area contributed by atoms with Gasteiger partial charge in [-0.25, -0.2) is 9.97 Å². The predicted molar refractivity (Wildman–Crippen MR) is 106 cm³/mol. The van der Waals surface area contributed by atoms with Crippen molar-refractivity contribution in [2.75, 3.05) is 7.11 Å². The lowest BCUT2D eigenvalue weighted by Crippen LogP contribution is -1.97. The average molecular weight is 378 g/mol. The van der Waals surface area contributed by atoms with Crippen LogP contribution in [-0.4, -0.2) is 27.9 Å². The van der Waals surface area contributed by atoms with E-state index in [2.05, 4.69) is 37.9 Å². The fourth-order valence-corrected chi connectivity index (χ4v) is 3.36. The molecule has 27 heavy (non-hydrogen) atoms.